The standard InChI is InChI=1S/C19H26N4O4.HI/c1-3-11-20-19(21-13-15-7-9-17(10-8-15)23(25)26)22-12-5-6-16(14-22)18(24)27-4-2;/h3,7-10,16H,1,4-6,11-14H2,2H3,(H,20,21);1H. The van der Waals surface area contributed by atoms with Gasteiger partial charge < -0.3 is 15.0 Å². The molecule has 0 radical (unpaired) electrons. The number of hydrogen-bond acceptors (Lipinski definition) is 5. The van der Waals surface area contributed by atoms with Gasteiger partial charge in [-0.05, 0) is 25.3 Å². The number of benzene rings is 1. The summed E-state index contributed by atoms with van der Waals surface area (Å²) < 4.78 is 5.15. The molecule has 1 heterocycles. The topological polar surface area (TPSA) is 97.1 Å². The van der Waals surface area contributed by atoms with E-state index in [2.05, 4.69) is 21.8 Å². The van der Waals surface area contributed by atoms with Gasteiger partial charge in [0.2, 0.25) is 0 Å². The van der Waals surface area contributed by atoms with Crippen molar-refractivity contribution in [2.24, 2.45) is 10.9 Å². The minimum atomic E-state index is -0.423. The van der Waals surface area contributed by atoms with Crippen LogP contribution in [0.25, 0.3) is 0 Å². The van der Waals surface area contributed by atoms with Gasteiger partial charge in [-0.1, -0.05) is 18.2 Å². The summed E-state index contributed by atoms with van der Waals surface area (Å²) >= 11 is 0. The first-order chi connectivity index (χ1) is 13.0. The predicted molar refractivity (Wildman–Crippen MR) is 119 cm³/mol. The minimum Gasteiger partial charge on any atom is -0.466 e. The number of rotatable bonds is 7. The van der Waals surface area contributed by atoms with E-state index in [1.807, 2.05) is 0 Å². The Balaban J connectivity index is 0.00000392. The molecule has 1 aliphatic heterocycles. The highest BCUT2D eigenvalue weighted by molar-refractivity contribution is 14.0. The summed E-state index contributed by atoms with van der Waals surface area (Å²) in [5.41, 5.74) is 0.929. The van der Waals surface area contributed by atoms with Gasteiger partial charge in [-0.25, -0.2) is 4.99 Å². The quantitative estimate of drug-likeness (QED) is 0.117. The molecule has 0 amide bonds. The molecule has 1 aromatic rings. The molecule has 1 N–H and O–H groups in total. The SMILES string of the molecule is C=CCNC(=NCc1ccc([N+](=O)[O-])cc1)N1CCCC(C(=O)OCC)C1.I. The lowest BCUT2D eigenvalue weighted by Crippen LogP contribution is -2.48. The van der Waals surface area contributed by atoms with E-state index < -0.39 is 4.92 Å². The van der Waals surface area contributed by atoms with E-state index in [1.165, 1.54) is 12.1 Å². The van der Waals surface area contributed by atoms with Crippen LogP contribution in [-0.4, -0.2) is 48.0 Å². The van der Waals surface area contributed by atoms with Crippen LogP contribution in [0.2, 0.25) is 0 Å². The molecule has 1 saturated heterocycles. The highest BCUT2D eigenvalue weighted by atomic mass is 127. The molecule has 0 aromatic heterocycles. The second kappa shape index (κ2) is 12.3. The van der Waals surface area contributed by atoms with Crippen LogP contribution in [0, 0.1) is 16.0 Å². The van der Waals surface area contributed by atoms with Crippen LogP contribution in [0.4, 0.5) is 5.69 Å². The summed E-state index contributed by atoms with van der Waals surface area (Å²) in [5, 5.41) is 14.0. The Morgan fingerprint density at radius 2 is 2.18 bits per heavy atom. The first-order valence-electron chi connectivity index (χ1n) is 9.09. The predicted octanol–water partition coefficient (Wildman–Crippen LogP) is 3.12. The Kier molecular flexibility index (Phi) is 10.5. The summed E-state index contributed by atoms with van der Waals surface area (Å²) in [6.45, 7) is 8.21. The number of carbonyl (C=O) groups excluding carboxylic acids is 1. The number of aliphatic imine (C=N–C) groups is 1. The number of nitro benzene ring substituents is 1. The number of nitro groups is 1. The third-order valence-corrected chi connectivity index (χ3v) is 4.30. The van der Waals surface area contributed by atoms with Crippen molar-refractivity contribution < 1.29 is 14.5 Å². The Morgan fingerprint density at radius 3 is 2.79 bits per heavy atom. The molecular weight excluding hydrogens is 475 g/mol. The molecule has 1 aliphatic rings. The normalized spacial score (nSPS) is 16.7. The van der Waals surface area contributed by atoms with Crippen LogP contribution in [0.3, 0.4) is 0 Å². The van der Waals surface area contributed by atoms with Gasteiger partial charge in [0.05, 0.1) is 24.0 Å². The fraction of sp³-hybridized carbons (Fsp3) is 0.474. The van der Waals surface area contributed by atoms with E-state index in [4.69, 9.17) is 4.74 Å². The molecule has 0 bridgehead atoms. The number of guanidine groups is 1. The van der Waals surface area contributed by atoms with Crippen LogP contribution < -0.4 is 5.32 Å². The Bertz CT molecular complexity index is 694. The molecule has 0 saturated carbocycles. The van der Waals surface area contributed by atoms with Crippen LogP contribution in [0.5, 0.6) is 0 Å². The highest BCUT2D eigenvalue weighted by Gasteiger charge is 2.28. The summed E-state index contributed by atoms with van der Waals surface area (Å²) in [6.07, 6.45) is 3.44. The summed E-state index contributed by atoms with van der Waals surface area (Å²) in [7, 11) is 0. The average Bonchev–Trinajstić information content (AvgIpc) is 2.68. The van der Waals surface area contributed by atoms with Gasteiger partial charge in [-0.2, -0.15) is 0 Å². The van der Waals surface area contributed by atoms with Gasteiger partial charge in [0.25, 0.3) is 5.69 Å². The number of carbonyl (C=O) groups is 1. The number of piperidine rings is 1. The van der Waals surface area contributed by atoms with E-state index in [0.29, 0.717) is 32.2 Å². The monoisotopic (exact) mass is 502 g/mol. The molecule has 9 heteroatoms. The van der Waals surface area contributed by atoms with Gasteiger partial charge in [-0.15, -0.1) is 30.6 Å². The number of likely N-dealkylation sites (tertiary alicyclic amines) is 1. The van der Waals surface area contributed by atoms with Crippen molar-refractivity contribution in [2.45, 2.75) is 26.3 Å². The molecule has 1 atom stereocenters. The van der Waals surface area contributed by atoms with E-state index in [9.17, 15) is 14.9 Å². The number of non-ortho nitro benzene ring substituents is 1. The van der Waals surface area contributed by atoms with Crippen molar-refractivity contribution in [3.63, 3.8) is 0 Å². The van der Waals surface area contributed by atoms with Crippen molar-refractivity contribution in [1.82, 2.24) is 10.2 Å². The van der Waals surface area contributed by atoms with Crippen molar-refractivity contribution in [2.75, 3.05) is 26.2 Å². The van der Waals surface area contributed by atoms with Gasteiger partial charge in [0.15, 0.2) is 5.96 Å². The second-order valence-electron chi connectivity index (χ2n) is 6.27. The van der Waals surface area contributed by atoms with Crippen LogP contribution in [-0.2, 0) is 16.1 Å². The summed E-state index contributed by atoms with van der Waals surface area (Å²) in [4.78, 5) is 29.1. The average molecular weight is 502 g/mol. The Morgan fingerprint density at radius 1 is 1.46 bits per heavy atom. The molecule has 8 nitrogen and oxygen atoms in total. The van der Waals surface area contributed by atoms with Gasteiger partial charge in [-0.3, -0.25) is 14.9 Å². The third-order valence-electron chi connectivity index (χ3n) is 4.30. The zero-order chi connectivity index (χ0) is 19.6. The van der Waals surface area contributed by atoms with Crippen LogP contribution in [0.1, 0.15) is 25.3 Å². The maximum Gasteiger partial charge on any atom is 0.310 e. The minimum absolute atomic E-state index is 0. The second-order valence-corrected chi connectivity index (χ2v) is 6.27. The van der Waals surface area contributed by atoms with E-state index >= 15 is 0 Å². The van der Waals surface area contributed by atoms with Crippen molar-refractivity contribution in [3.05, 3.63) is 52.6 Å². The molecule has 1 aromatic carbocycles. The van der Waals surface area contributed by atoms with Crippen molar-refractivity contribution in [3.8, 4) is 0 Å². The lowest BCUT2D eigenvalue weighted by Gasteiger charge is -2.34. The smallest absolute Gasteiger partial charge is 0.310 e. The zero-order valence-electron chi connectivity index (χ0n) is 16.0. The maximum atomic E-state index is 12.1. The fourth-order valence-electron chi connectivity index (χ4n) is 2.94. The largest absolute Gasteiger partial charge is 0.466 e. The number of esters is 1. The molecular formula is C19H27IN4O4. The number of ether oxygens (including phenoxy) is 1. The first-order valence-corrected chi connectivity index (χ1v) is 9.09. The zero-order valence-corrected chi connectivity index (χ0v) is 18.3. The van der Waals surface area contributed by atoms with Crippen molar-refractivity contribution >= 4 is 41.6 Å². The maximum absolute atomic E-state index is 12.1. The van der Waals surface area contributed by atoms with E-state index in [1.54, 1.807) is 25.1 Å². The van der Waals surface area contributed by atoms with Gasteiger partial charge >= 0.3 is 5.97 Å². The van der Waals surface area contributed by atoms with Gasteiger partial charge in [0.1, 0.15) is 0 Å². The molecule has 1 unspecified atom stereocenters. The Labute approximate surface area is 182 Å². The lowest BCUT2D eigenvalue weighted by molar-refractivity contribution is -0.384. The van der Waals surface area contributed by atoms with Crippen molar-refractivity contribution in [1.29, 1.82) is 0 Å². The fourth-order valence-corrected chi connectivity index (χ4v) is 2.94. The number of nitrogens with one attached hydrogen (secondary N) is 1. The van der Waals surface area contributed by atoms with Crippen LogP contribution in [0.15, 0.2) is 41.9 Å². The lowest BCUT2D eigenvalue weighted by atomic mass is 9.98. The molecule has 1 fully saturated rings. The van der Waals surface area contributed by atoms with E-state index in [-0.39, 0.29) is 41.6 Å². The molecule has 0 spiro atoms. The number of nitrogens with zero attached hydrogens (tertiary/aromatic N) is 3. The summed E-state index contributed by atoms with van der Waals surface area (Å²) in [6, 6.07) is 6.34. The third kappa shape index (κ3) is 7.10. The summed E-state index contributed by atoms with van der Waals surface area (Å²) in [5.74, 6) is 0.372. The highest BCUT2D eigenvalue weighted by Crippen LogP contribution is 2.18. The molecule has 154 valence electrons. The number of hydrogen-bond donors (Lipinski definition) is 1. The van der Waals surface area contributed by atoms with Gasteiger partial charge in [0, 0.05) is 31.8 Å². The number of halogens is 1. The molecule has 28 heavy (non-hydrogen) atoms. The Hall–Kier alpha value is -2.17. The van der Waals surface area contributed by atoms with E-state index in [0.717, 1.165) is 24.9 Å². The molecule has 2 rings (SSSR count). The van der Waals surface area contributed by atoms with Crippen LogP contribution >= 0.6 is 24.0 Å². The molecule has 0 aliphatic carbocycles. The first kappa shape index (κ1) is 23.9.